The van der Waals surface area contributed by atoms with Crippen molar-refractivity contribution in [1.29, 1.82) is 0 Å². The van der Waals surface area contributed by atoms with Gasteiger partial charge in [-0.3, -0.25) is 71.9 Å². The number of aliphatic hydroxyl groups excluding tert-OH is 2. The molecule has 0 bridgehead atoms. The Hall–Kier alpha value is -12.8. The van der Waals surface area contributed by atoms with E-state index in [1.165, 1.54) is 50.3 Å². The number of nitrogens with two attached hydrogens (primary N) is 4. The van der Waals surface area contributed by atoms with E-state index in [4.69, 9.17) is 22.9 Å². The fourth-order valence-electron chi connectivity index (χ4n) is 15.7. The third-order valence-corrected chi connectivity index (χ3v) is 24.1. The highest BCUT2D eigenvalue weighted by Crippen LogP contribution is 2.28. The number of hydrogen-bond donors (Lipinski definition) is 17. The summed E-state index contributed by atoms with van der Waals surface area (Å²) in [7, 11) is 3.95. The molecule has 0 radical (unpaired) electrons. The number of benzene rings is 5. The van der Waals surface area contributed by atoms with E-state index in [9.17, 15) is 77.6 Å². The average molecular weight is 1860 g/mol. The summed E-state index contributed by atoms with van der Waals surface area (Å²) in [4.78, 5) is 236. The number of rotatable bonds is 50. The van der Waals surface area contributed by atoms with Gasteiger partial charge in [-0.05, 0) is 103 Å². The minimum atomic E-state index is -1.72. The predicted octanol–water partition coefficient (Wildman–Crippen LogP) is -1.27. The second kappa shape index (κ2) is 50.5. The van der Waals surface area contributed by atoms with Crippen LogP contribution in [0.5, 0.6) is 5.75 Å². The molecule has 21 N–H and O–H groups in total. The predicted molar refractivity (Wildman–Crippen MR) is 482 cm³/mol. The van der Waals surface area contributed by atoms with Gasteiger partial charge in [-0.2, -0.15) is 0 Å². The van der Waals surface area contributed by atoms with Gasteiger partial charge in [0.25, 0.3) is 0 Å². The molecule has 2 fully saturated rings. The number of aliphatic hydroxyl groups is 2. The minimum Gasteiger partial charge on any atom is -0.508 e. The van der Waals surface area contributed by atoms with Crippen molar-refractivity contribution >= 4 is 118 Å². The Morgan fingerprint density at radius 1 is 0.545 bits per heavy atom. The van der Waals surface area contributed by atoms with Crippen LogP contribution in [0.4, 0.5) is 8.78 Å². The summed E-state index contributed by atoms with van der Waals surface area (Å²) in [5, 5.41) is 63.2. The SMILES string of the molecule is CCCC[C@@H](C(=O)N1C[C@H](O)C[C@@H]1C(=O)N[C@H](C=O)CC(=O)O)N(C)C(=O)[C@H](Cc1ccccc1)N(C)C(=O)[C@H](Cc1ccc(F)c(F)c1)NC(=O)CSC[C@H](NC(=O)[C@H](CCCN)NC(=O)[C@H](Cc1ccc(O)cc1)NC(=O)[C@H](Cc1c[nH]c2ccccc12)NC(=O)[C@H]1C[C@@H](O)CN1C(=O)[C@H](CCN)NC(=O)[C@@H](Cc1ccccc1)N(C)C(=O)[C@@H](N)C(C)C)C(=O)NCC(N)=O. The number of primary amides is 1. The molecule has 132 heavy (non-hydrogen) atoms. The first-order chi connectivity index (χ1) is 62.8. The van der Waals surface area contributed by atoms with Gasteiger partial charge in [0.2, 0.25) is 82.7 Å². The number of likely N-dealkylation sites (tertiary alicyclic amines) is 2. The smallest absolute Gasteiger partial charge is 0.305 e. The van der Waals surface area contributed by atoms with E-state index in [1.54, 1.807) is 105 Å². The Bertz CT molecular complexity index is 5020. The molecule has 8 rings (SSSR count). The first-order valence-electron chi connectivity index (χ1n) is 43.6. The third kappa shape index (κ3) is 29.8. The number of likely N-dealkylation sites (N-methyl/N-ethyl adjacent to an activating group) is 3. The lowest BCUT2D eigenvalue weighted by molar-refractivity contribution is -0.152. The molecule has 15 atom stereocenters. The number of aromatic nitrogens is 1. The number of β-amino-alcohol motifs (C(OH)–C–C–N with tert-alkyl or cyclic N) is 2. The van der Waals surface area contributed by atoms with E-state index >= 15 is 28.4 Å². The molecule has 2 aliphatic rings. The standard InChI is InChI=1S/C91H120F2N18O20S/c1-7-8-25-71(90(130)111-47-60(115)42-73(111)85(125)100-57(48-112)41-78(118)119)107(4)89(129)75(39-53-20-13-10-14-21-53)109(6)87(127)69(37-55-28-31-62(92)63(93)35-55)101-77(117)50-132-49-70(80(120)99-45-76(96)116)106-81(121)65(24-17-33-94)102-82(122)67(36-54-26-29-58(113)30-27-54)104-83(123)68(40-56-44-98-64-23-16-15-22-61(56)64)105-86(126)74-43-59(114)46-110(74)88(128)66(32-34-95)103-84(124)72(38-52-18-11-9-12-19-52)108(5)91(131)79(97)51(2)3/h9-16,18-23,26-31,35,44,48,51,57,59-60,65-75,79,98,113-115H,7-8,17,24-25,32-34,36-43,45-47,49-50,94-95,97H2,1-6H3,(H2,96,116)(H,99,120)(H,100,125)(H,101,117)(H,102,122)(H,103,124)(H,104,123)(H,105,126)(H,106,121)(H,118,119)/t57-,59+,60+,65-,66-,67-,68-,69-,70-,71-,72+,73+,74+,75-,79-/m0/s1. The number of aromatic amines is 1. The number of carboxylic acids is 1. The van der Waals surface area contributed by atoms with Crippen LogP contribution in [0.3, 0.4) is 0 Å². The quantitative estimate of drug-likeness (QED) is 0.0198. The molecule has 14 amide bonds. The fourth-order valence-corrected chi connectivity index (χ4v) is 16.5. The van der Waals surface area contributed by atoms with Crippen molar-refractivity contribution in [3.8, 4) is 5.75 Å². The summed E-state index contributed by atoms with van der Waals surface area (Å²) in [6.07, 6.45) is -3.23. The summed E-state index contributed by atoms with van der Waals surface area (Å²) < 4.78 is 29.6. The van der Waals surface area contributed by atoms with Crippen LogP contribution in [0.25, 0.3) is 10.9 Å². The lowest BCUT2D eigenvalue weighted by atomic mass is 9.99. The number of H-pyrrole nitrogens is 1. The number of unbranched alkanes of at least 4 members (excludes halogenated alkanes) is 1. The van der Waals surface area contributed by atoms with Crippen molar-refractivity contribution in [1.82, 2.24) is 72.0 Å². The highest BCUT2D eigenvalue weighted by molar-refractivity contribution is 8.00. The lowest BCUT2D eigenvalue weighted by Crippen LogP contribution is -2.61. The number of nitrogens with one attached hydrogen (secondary N) is 9. The van der Waals surface area contributed by atoms with Gasteiger partial charge >= 0.3 is 5.97 Å². The van der Waals surface area contributed by atoms with E-state index in [2.05, 4.69) is 47.5 Å². The van der Waals surface area contributed by atoms with E-state index in [1.807, 2.05) is 6.92 Å². The largest absolute Gasteiger partial charge is 0.508 e. The molecule has 1 aromatic heterocycles. The van der Waals surface area contributed by atoms with E-state index in [-0.39, 0.29) is 101 Å². The second-order valence-electron chi connectivity index (χ2n) is 33.3. The molecule has 0 spiro atoms. The van der Waals surface area contributed by atoms with E-state index in [0.29, 0.717) is 57.8 Å². The number of carbonyl (C=O) groups excluding carboxylic acids is 15. The monoisotopic (exact) mass is 1850 g/mol. The van der Waals surface area contributed by atoms with Gasteiger partial charge in [-0.25, -0.2) is 8.78 Å². The highest BCUT2D eigenvalue weighted by Gasteiger charge is 2.47. The molecular weight excluding hydrogens is 1740 g/mol. The summed E-state index contributed by atoms with van der Waals surface area (Å²) in [5.74, 6) is -18.4. The number of carbonyl (C=O) groups is 16. The number of hydrogen-bond acceptors (Lipinski definition) is 23. The maximum atomic E-state index is 15.4. The molecule has 2 aliphatic heterocycles. The van der Waals surface area contributed by atoms with E-state index in [0.717, 1.165) is 37.8 Å². The molecule has 6 aromatic rings. The first kappa shape index (κ1) is 105. The van der Waals surface area contributed by atoms with Crippen LogP contribution in [0.15, 0.2) is 134 Å². The van der Waals surface area contributed by atoms with Gasteiger partial charge in [0.05, 0.1) is 43.0 Å². The first-order valence-corrected chi connectivity index (χ1v) is 44.7. The number of halogens is 2. The number of carboxylic acid groups (broad SMARTS) is 1. The number of aromatic hydroxyl groups is 1. The van der Waals surface area contributed by atoms with Crippen molar-refractivity contribution in [2.75, 3.05) is 65.4 Å². The van der Waals surface area contributed by atoms with Crippen LogP contribution >= 0.6 is 11.8 Å². The molecular formula is C91H120F2N18O20S. The molecule has 0 saturated carbocycles. The number of aliphatic carboxylic acids is 1. The van der Waals surface area contributed by atoms with Crippen molar-refractivity contribution in [2.24, 2.45) is 28.9 Å². The normalized spacial score (nSPS) is 17.2. The Morgan fingerprint density at radius 3 is 1.66 bits per heavy atom. The van der Waals surface area contributed by atoms with Crippen LogP contribution in [-0.4, -0.2) is 301 Å². The Balaban J connectivity index is 1.04. The molecule has 0 aliphatic carbocycles. The number of thioether (sulfide) groups is 1. The Morgan fingerprint density at radius 2 is 1.08 bits per heavy atom. The maximum absolute atomic E-state index is 15.4. The zero-order valence-electron chi connectivity index (χ0n) is 74.4. The zero-order chi connectivity index (χ0) is 96.7. The molecule has 714 valence electrons. The molecule has 2 saturated heterocycles. The number of phenols is 1. The minimum absolute atomic E-state index is 0.00159. The molecule has 0 unspecified atom stereocenters. The van der Waals surface area contributed by atoms with Gasteiger partial charge in [-0.1, -0.05) is 131 Å². The van der Waals surface area contributed by atoms with Crippen molar-refractivity contribution in [2.45, 2.75) is 201 Å². The Kier molecular flexibility index (Phi) is 40.0. The average Bonchev–Trinajstić information content (AvgIpc) is 1.58. The number of nitrogens with zero attached hydrogens (tertiary/aromatic N) is 5. The molecule has 3 heterocycles. The molecule has 5 aromatic carbocycles. The van der Waals surface area contributed by atoms with Gasteiger partial charge in [0, 0.05) is 102 Å². The Labute approximate surface area is 766 Å². The fraction of sp³-hybridized carbons (Fsp3) is 0.473. The van der Waals surface area contributed by atoms with Crippen LogP contribution in [-0.2, 0) is 109 Å². The maximum Gasteiger partial charge on any atom is 0.305 e. The summed E-state index contributed by atoms with van der Waals surface area (Å²) in [5.41, 5.74) is 26.4. The number of fused-ring (bicyclic) bond motifs is 1. The lowest BCUT2D eigenvalue weighted by Gasteiger charge is -2.37. The summed E-state index contributed by atoms with van der Waals surface area (Å²) in [6, 6.07) is 13.1. The van der Waals surface area contributed by atoms with Gasteiger partial charge in [-0.15, -0.1) is 11.8 Å². The highest BCUT2D eigenvalue weighted by atomic mass is 32.2. The van der Waals surface area contributed by atoms with Crippen molar-refractivity contribution in [3.05, 3.63) is 173 Å². The van der Waals surface area contributed by atoms with Crippen LogP contribution in [0, 0.1) is 17.6 Å². The summed E-state index contributed by atoms with van der Waals surface area (Å²) in [6.45, 7) is 3.49. The van der Waals surface area contributed by atoms with Crippen molar-refractivity contribution in [3.63, 3.8) is 0 Å². The summed E-state index contributed by atoms with van der Waals surface area (Å²) >= 11 is 0.694. The number of aldehydes is 1. The number of phenolic OH excluding ortho intramolecular Hbond substituents is 1. The van der Waals surface area contributed by atoms with Gasteiger partial charge < -0.3 is 120 Å². The second-order valence-corrected chi connectivity index (χ2v) is 34.4. The van der Waals surface area contributed by atoms with Gasteiger partial charge in [0.15, 0.2) is 11.6 Å². The van der Waals surface area contributed by atoms with Crippen LogP contribution < -0.4 is 65.5 Å². The topological polar surface area (TPSA) is 586 Å². The molecule has 41 heteroatoms. The van der Waals surface area contributed by atoms with Gasteiger partial charge in [0.1, 0.15) is 78.5 Å². The zero-order valence-corrected chi connectivity index (χ0v) is 75.2. The number of amides is 14. The van der Waals surface area contributed by atoms with Crippen molar-refractivity contribution < 1.29 is 106 Å². The van der Waals surface area contributed by atoms with Crippen LogP contribution in [0.1, 0.15) is 106 Å². The third-order valence-electron chi connectivity index (χ3n) is 23.1. The molecule has 38 nitrogen and oxygen atoms in total. The number of para-hydroxylation sites is 1. The van der Waals surface area contributed by atoms with Crippen LogP contribution in [0.2, 0.25) is 0 Å². The van der Waals surface area contributed by atoms with E-state index < -0.39 is 235 Å².